The van der Waals surface area contributed by atoms with E-state index in [1.807, 2.05) is 60.7 Å². The summed E-state index contributed by atoms with van der Waals surface area (Å²) in [5.74, 6) is -0.333. The van der Waals surface area contributed by atoms with Crippen molar-refractivity contribution in [2.24, 2.45) is 5.10 Å². The van der Waals surface area contributed by atoms with Gasteiger partial charge in [-0.15, -0.1) is 0 Å². The lowest BCUT2D eigenvalue weighted by atomic mass is 10.2. The molecule has 0 spiro atoms. The Morgan fingerprint density at radius 2 is 1.85 bits per heavy atom. The van der Waals surface area contributed by atoms with Crippen LogP contribution in [0, 0.1) is 10.1 Å². The molecular formula is C24H19N5O3S. The molecule has 1 heterocycles. The number of anilines is 1. The third-order valence-corrected chi connectivity index (χ3v) is 5.74. The van der Waals surface area contributed by atoms with E-state index < -0.39 is 4.92 Å². The number of para-hydroxylation sites is 2. The van der Waals surface area contributed by atoms with Crippen LogP contribution in [0.3, 0.4) is 0 Å². The van der Waals surface area contributed by atoms with Gasteiger partial charge in [0.2, 0.25) is 0 Å². The van der Waals surface area contributed by atoms with Gasteiger partial charge in [-0.25, -0.2) is 5.43 Å². The van der Waals surface area contributed by atoms with Gasteiger partial charge in [0.25, 0.3) is 11.6 Å². The Morgan fingerprint density at radius 3 is 2.67 bits per heavy atom. The van der Waals surface area contributed by atoms with E-state index in [-0.39, 0.29) is 18.1 Å². The summed E-state index contributed by atoms with van der Waals surface area (Å²) >= 11 is 1.29. The van der Waals surface area contributed by atoms with Crippen molar-refractivity contribution in [2.45, 2.75) is 9.79 Å². The van der Waals surface area contributed by atoms with Crippen LogP contribution < -0.4 is 10.7 Å². The van der Waals surface area contributed by atoms with E-state index in [1.54, 1.807) is 18.3 Å². The number of aromatic nitrogens is 1. The lowest BCUT2D eigenvalue weighted by Crippen LogP contribution is -2.25. The van der Waals surface area contributed by atoms with Gasteiger partial charge in [-0.2, -0.15) is 5.10 Å². The van der Waals surface area contributed by atoms with E-state index in [9.17, 15) is 14.9 Å². The maximum absolute atomic E-state index is 11.9. The summed E-state index contributed by atoms with van der Waals surface area (Å²) in [6, 6.07) is 23.7. The first-order valence-corrected chi connectivity index (χ1v) is 10.8. The summed E-state index contributed by atoms with van der Waals surface area (Å²) in [6.45, 7) is 0.0517. The van der Waals surface area contributed by atoms with Crippen LogP contribution >= 0.6 is 11.8 Å². The molecule has 0 aliphatic heterocycles. The van der Waals surface area contributed by atoms with Crippen molar-refractivity contribution < 1.29 is 9.72 Å². The minimum Gasteiger partial charge on any atom is -0.376 e. The molecule has 0 saturated carbocycles. The van der Waals surface area contributed by atoms with E-state index in [4.69, 9.17) is 0 Å². The molecule has 0 aliphatic rings. The number of hydrogen-bond donors (Lipinski definition) is 2. The van der Waals surface area contributed by atoms with Crippen molar-refractivity contribution in [3.8, 4) is 0 Å². The summed E-state index contributed by atoms with van der Waals surface area (Å²) in [7, 11) is 0. The summed E-state index contributed by atoms with van der Waals surface area (Å²) in [5, 5.41) is 19.5. The highest BCUT2D eigenvalue weighted by Gasteiger charge is 2.17. The number of fused-ring (bicyclic) bond motifs is 1. The van der Waals surface area contributed by atoms with Gasteiger partial charge >= 0.3 is 0 Å². The highest BCUT2D eigenvalue weighted by molar-refractivity contribution is 7.99. The number of nitro benzene ring substituents is 1. The lowest BCUT2D eigenvalue weighted by molar-refractivity contribution is -0.387. The quantitative estimate of drug-likeness (QED) is 0.222. The van der Waals surface area contributed by atoms with Gasteiger partial charge in [0.05, 0.1) is 28.1 Å². The van der Waals surface area contributed by atoms with Gasteiger partial charge in [0, 0.05) is 33.8 Å². The number of amides is 1. The fourth-order valence-corrected chi connectivity index (χ4v) is 4.10. The molecule has 33 heavy (non-hydrogen) atoms. The van der Waals surface area contributed by atoms with Crippen molar-refractivity contribution in [3.05, 3.63) is 101 Å². The molecule has 9 heteroatoms. The number of carbonyl (C=O) groups excluding carboxylic acids is 1. The molecule has 0 saturated heterocycles. The second-order valence-corrected chi connectivity index (χ2v) is 8.01. The Hall–Kier alpha value is -4.24. The van der Waals surface area contributed by atoms with Gasteiger partial charge < -0.3 is 5.32 Å². The van der Waals surface area contributed by atoms with E-state index in [2.05, 4.69) is 20.8 Å². The molecule has 164 valence electrons. The smallest absolute Gasteiger partial charge is 0.283 e. The van der Waals surface area contributed by atoms with Crippen molar-refractivity contribution in [3.63, 3.8) is 0 Å². The van der Waals surface area contributed by atoms with Gasteiger partial charge in [-0.05, 0) is 30.3 Å². The molecule has 0 atom stereocenters. The van der Waals surface area contributed by atoms with Crippen LogP contribution in [0.2, 0.25) is 0 Å². The standard InChI is InChI=1S/C24H19N5O3S/c30-23(16-26-19-8-2-1-3-9-19)28-27-15-17-11-12-21(20(14-17)29(31)32)33-22-10-4-6-18-7-5-13-25-24(18)22/h1-15,26H,16H2,(H,28,30)/b27-15-. The molecule has 0 aliphatic carbocycles. The number of benzene rings is 3. The zero-order valence-corrected chi connectivity index (χ0v) is 18.2. The van der Waals surface area contributed by atoms with Crippen molar-refractivity contribution >= 4 is 46.2 Å². The third kappa shape index (κ3) is 5.72. The molecule has 0 bridgehead atoms. The topological polar surface area (TPSA) is 110 Å². The summed E-state index contributed by atoms with van der Waals surface area (Å²) < 4.78 is 0. The molecular weight excluding hydrogens is 438 g/mol. The molecule has 4 aromatic rings. The molecule has 1 aromatic heterocycles. The Morgan fingerprint density at radius 1 is 1.03 bits per heavy atom. The first-order valence-electron chi connectivity index (χ1n) is 10.0. The number of hydrogen-bond acceptors (Lipinski definition) is 7. The number of hydrazone groups is 1. The van der Waals surface area contributed by atoms with E-state index >= 15 is 0 Å². The van der Waals surface area contributed by atoms with Crippen LogP contribution in [0.1, 0.15) is 5.56 Å². The van der Waals surface area contributed by atoms with Gasteiger partial charge in [0.15, 0.2) is 0 Å². The zero-order chi connectivity index (χ0) is 23.0. The molecule has 8 nitrogen and oxygen atoms in total. The van der Waals surface area contributed by atoms with Crippen LogP contribution in [-0.4, -0.2) is 28.6 Å². The number of nitrogens with zero attached hydrogens (tertiary/aromatic N) is 3. The SMILES string of the molecule is O=C(CNc1ccccc1)N/N=C\c1ccc(Sc2cccc3cccnc23)c([N+](=O)[O-])c1. The van der Waals surface area contributed by atoms with Crippen molar-refractivity contribution in [1.29, 1.82) is 0 Å². The normalized spacial score (nSPS) is 10.9. The second kappa shape index (κ2) is 10.4. The first-order chi connectivity index (χ1) is 16.1. The van der Waals surface area contributed by atoms with Gasteiger partial charge in [0.1, 0.15) is 0 Å². The number of pyridine rings is 1. The van der Waals surface area contributed by atoms with E-state index in [0.29, 0.717) is 10.5 Å². The predicted octanol–water partition coefficient (Wildman–Crippen LogP) is 4.86. The Kier molecular flexibility index (Phi) is 6.91. The molecule has 1 amide bonds. The Bertz CT molecular complexity index is 1320. The summed E-state index contributed by atoms with van der Waals surface area (Å²) in [5.41, 5.74) is 4.47. The van der Waals surface area contributed by atoms with Gasteiger partial charge in [-0.3, -0.25) is 19.9 Å². The van der Waals surface area contributed by atoms with Crippen LogP contribution in [0.15, 0.2) is 100.0 Å². The van der Waals surface area contributed by atoms with E-state index in [1.165, 1.54) is 24.0 Å². The average Bonchev–Trinajstić information content (AvgIpc) is 2.84. The average molecular weight is 458 g/mol. The number of nitro groups is 1. The number of nitrogens with one attached hydrogen (secondary N) is 2. The first kappa shape index (κ1) is 22.0. The molecule has 0 radical (unpaired) electrons. The maximum Gasteiger partial charge on any atom is 0.283 e. The van der Waals surface area contributed by atoms with Crippen molar-refractivity contribution in [1.82, 2.24) is 10.4 Å². The molecule has 0 unspecified atom stereocenters. The highest BCUT2D eigenvalue weighted by Crippen LogP contribution is 2.37. The molecule has 2 N–H and O–H groups in total. The molecule has 3 aromatic carbocycles. The summed E-state index contributed by atoms with van der Waals surface area (Å²) in [4.78, 5) is 28.9. The molecule has 0 fully saturated rings. The lowest BCUT2D eigenvalue weighted by Gasteiger charge is -2.07. The largest absolute Gasteiger partial charge is 0.376 e. The maximum atomic E-state index is 11.9. The van der Waals surface area contributed by atoms with E-state index in [0.717, 1.165) is 21.5 Å². The van der Waals surface area contributed by atoms with Crippen LogP contribution in [0.25, 0.3) is 10.9 Å². The Labute approximate surface area is 193 Å². The fraction of sp³-hybridized carbons (Fsp3) is 0.0417. The van der Waals surface area contributed by atoms with Crippen molar-refractivity contribution in [2.75, 3.05) is 11.9 Å². The monoisotopic (exact) mass is 457 g/mol. The second-order valence-electron chi connectivity index (χ2n) is 6.93. The third-order valence-electron chi connectivity index (χ3n) is 4.63. The van der Waals surface area contributed by atoms with Crippen LogP contribution in [0.5, 0.6) is 0 Å². The number of carbonyl (C=O) groups is 1. The number of rotatable bonds is 8. The summed E-state index contributed by atoms with van der Waals surface area (Å²) in [6.07, 6.45) is 3.07. The zero-order valence-electron chi connectivity index (χ0n) is 17.3. The van der Waals surface area contributed by atoms with Gasteiger partial charge in [-0.1, -0.05) is 54.2 Å². The minimum atomic E-state index is -0.430. The predicted molar refractivity (Wildman–Crippen MR) is 130 cm³/mol. The molecule has 4 rings (SSSR count). The fourth-order valence-electron chi connectivity index (χ4n) is 3.08. The van der Waals surface area contributed by atoms with Crippen LogP contribution in [0.4, 0.5) is 11.4 Å². The van der Waals surface area contributed by atoms with Crippen LogP contribution in [-0.2, 0) is 4.79 Å². The Balaban J connectivity index is 1.44. The highest BCUT2D eigenvalue weighted by atomic mass is 32.2. The minimum absolute atomic E-state index is 0.0473.